The van der Waals surface area contributed by atoms with Gasteiger partial charge in [-0.05, 0) is 55.9 Å². The summed E-state index contributed by atoms with van der Waals surface area (Å²) in [4.78, 5) is 6.38. The Morgan fingerprint density at radius 2 is 1.85 bits per heavy atom. The van der Waals surface area contributed by atoms with Crippen LogP contribution in [0.4, 0.5) is 0 Å². The van der Waals surface area contributed by atoms with Gasteiger partial charge >= 0.3 is 0 Å². The summed E-state index contributed by atoms with van der Waals surface area (Å²) in [5, 5.41) is 7.43. The average Bonchev–Trinajstić information content (AvgIpc) is 2.64. The highest BCUT2D eigenvalue weighted by Crippen LogP contribution is 2.13. The van der Waals surface area contributed by atoms with Crippen LogP contribution in [-0.2, 0) is 13.0 Å². The third-order valence-corrected chi connectivity index (χ3v) is 4.22. The lowest BCUT2D eigenvalue weighted by Gasteiger charge is -2.14. The quantitative estimate of drug-likeness (QED) is 0.511. The Balaban J connectivity index is 1.76. The Morgan fingerprint density at radius 3 is 2.59 bits per heavy atom. The highest BCUT2D eigenvalue weighted by molar-refractivity contribution is 6.30. The fourth-order valence-corrected chi connectivity index (χ4v) is 2.73. The van der Waals surface area contributed by atoms with Crippen molar-refractivity contribution in [1.29, 1.82) is 0 Å². The molecule has 0 aliphatic rings. The van der Waals surface area contributed by atoms with E-state index in [0.717, 1.165) is 41.8 Å². The van der Waals surface area contributed by atoms with Gasteiger partial charge in [0.25, 0.3) is 0 Å². The molecule has 0 spiro atoms. The van der Waals surface area contributed by atoms with E-state index in [1.54, 1.807) is 7.05 Å². The van der Waals surface area contributed by atoms with E-state index in [2.05, 4.69) is 38.7 Å². The highest BCUT2D eigenvalue weighted by Gasteiger charge is 2.01. The molecule has 0 aromatic heterocycles. The number of hydrogen-bond donors (Lipinski definition) is 2. The summed E-state index contributed by atoms with van der Waals surface area (Å²) < 4.78 is 5.79. The smallest absolute Gasteiger partial charge is 0.191 e. The van der Waals surface area contributed by atoms with Gasteiger partial charge in [-0.2, -0.15) is 0 Å². The normalized spacial score (nSPS) is 11.5. The summed E-state index contributed by atoms with van der Waals surface area (Å²) in [6, 6.07) is 16.0. The molecule has 2 N–H and O–H groups in total. The van der Waals surface area contributed by atoms with Gasteiger partial charge in [0.1, 0.15) is 12.4 Å². The van der Waals surface area contributed by atoms with Crippen LogP contribution in [0.5, 0.6) is 5.75 Å². The zero-order valence-corrected chi connectivity index (χ0v) is 17.1. The Bertz CT molecular complexity index is 734. The van der Waals surface area contributed by atoms with Gasteiger partial charge in [-0.25, -0.2) is 0 Å². The summed E-state index contributed by atoms with van der Waals surface area (Å²) in [5.74, 6) is 1.66. The van der Waals surface area contributed by atoms with Crippen LogP contribution in [0.2, 0.25) is 5.02 Å². The SMILES string of the molecule is CN=C(NCCc1cccc(Cl)c1)NCc1cccc(OCCN(C)C)c1. The van der Waals surface area contributed by atoms with E-state index in [4.69, 9.17) is 16.3 Å². The number of hydrogen-bond acceptors (Lipinski definition) is 3. The van der Waals surface area contributed by atoms with E-state index in [0.29, 0.717) is 13.2 Å². The Hall–Kier alpha value is -2.24. The van der Waals surface area contributed by atoms with Gasteiger partial charge in [0.05, 0.1) is 0 Å². The third-order valence-electron chi connectivity index (χ3n) is 3.98. The van der Waals surface area contributed by atoms with Crippen LogP contribution >= 0.6 is 11.6 Å². The molecule has 0 aliphatic carbocycles. The summed E-state index contributed by atoms with van der Waals surface area (Å²) in [7, 11) is 5.85. The summed E-state index contributed by atoms with van der Waals surface area (Å²) in [5.41, 5.74) is 2.35. The molecule has 27 heavy (non-hydrogen) atoms. The minimum Gasteiger partial charge on any atom is -0.492 e. The lowest BCUT2D eigenvalue weighted by molar-refractivity contribution is 0.261. The van der Waals surface area contributed by atoms with Crippen molar-refractivity contribution < 1.29 is 4.74 Å². The second-order valence-corrected chi connectivity index (χ2v) is 6.97. The number of guanidine groups is 1. The predicted octanol–water partition coefficient (Wildman–Crippen LogP) is 3.19. The first-order chi connectivity index (χ1) is 13.1. The van der Waals surface area contributed by atoms with Crippen LogP contribution in [0.15, 0.2) is 53.5 Å². The molecule has 0 heterocycles. The largest absolute Gasteiger partial charge is 0.492 e. The maximum Gasteiger partial charge on any atom is 0.191 e. The molecule has 0 atom stereocenters. The molecule has 0 fully saturated rings. The van der Waals surface area contributed by atoms with E-state index < -0.39 is 0 Å². The molecule has 0 saturated carbocycles. The second-order valence-electron chi connectivity index (χ2n) is 6.53. The van der Waals surface area contributed by atoms with Gasteiger partial charge in [0, 0.05) is 31.7 Å². The molecule has 146 valence electrons. The van der Waals surface area contributed by atoms with Crippen molar-refractivity contribution in [3.8, 4) is 5.75 Å². The van der Waals surface area contributed by atoms with Gasteiger partial charge in [-0.3, -0.25) is 4.99 Å². The number of ether oxygens (including phenoxy) is 1. The zero-order chi connectivity index (χ0) is 19.5. The minimum atomic E-state index is 0.677. The van der Waals surface area contributed by atoms with Crippen molar-refractivity contribution in [1.82, 2.24) is 15.5 Å². The molecule has 2 rings (SSSR count). The van der Waals surface area contributed by atoms with Crippen LogP contribution in [0.3, 0.4) is 0 Å². The van der Waals surface area contributed by atoms with Gasteiger partial charge in [-0.1, -0.05) is 35.9 Å². The first-order valence-electron chi connectivity index (χ1n) is 9.12. The van der Waals surface area contributed by atoms with Gasteiger partial charge in [-0.15, -0.1) is 0 Å². The van der Waals surface area contributed by atoms with E-state index in [-0.39, 0.29) is 0 Å². The molecule has 6 heteroatoms. The van der Waals surface area contributed by atoms with Crippen molar-refractivity contribution in [2.45, 2.75) is 13.0 Å². The molecule has 0 aliphatic heterocycles. The fourth-order valence-electron chi connectivity index (χ4n) is 2.52. The third kappa shape index (κ3) is 8.33. The first kappa shape index (κ1) is 21.1. The zero-order valence-electron chi connectivity index (χ0n) is 16.3. The van der Waals surface area contributed by atoms with Gasteiger partial charge in [0.15, 0.2) is 5.96 Å². The van der Waals surface area contributed by atoms with Crippen LogP contribution in [0.25, 0.3) is 0 Å². The fraction of sp³-hybridized carbons (Fsp3) is 0.381. The van der Waals surface area contributed by atoms with Crippen molar-refractivity contribution in [2.75, 3.05) is 40.8 Å². The Morgan fingerprint density at radius 1 is 1.07 bits per heavy atom. The van der Waals surface area contributed by atoms with Crippen LogP contribution in [0.1, 0.15) is 11.1 Å². The van der Waals surface area contributed by atoms with Crippen molar-refractivity contribution >= 4 is 17.6 Å². The molecule has 0 radical (unpaired) electrons. The number of rotatable bonds is 9. The lowest BCUT2D eigenvalue weighted by atomic mass is 10.1. The molecule has 0 saturated heterocycles. The maximum absolute atomic E-state index is 6.02. The topological polar surface area (TPSA) is 48.9 Å². The molecule has 2 aromatic rings. The molecular weight excluding hydrogens is 360 g/mol. The van der Waals surface area contributed by atoms with Crippen LogP contribution in [0, 0.1) is 0 Å². The first-order valence-corrected chi connectivity index (χ1v) is 9.50. The summed E-state index contributed by atoms with van der Waals surface area (Å²) in [6.07, 6.45) is 0.885. The molecule has 0 bridgehead atoms. The number of likely N-dealkylation sites (N-methyl/N-ethyl adjacent to an activating group) is 1. The summed E-state index contributed by atoms with van der Waals surface area (Å²) >= 11 is 6.02. The van der Waals surface area contributed by atoms with E-state index in [9.17, 15) is 0 Å². The molecule has 0 amide bonds. The molecular formula is C21H29ClN4O. The number of nitrogens with zero attached hydrogens (tertiary/aromatic N) is 2. The monoisotopic (exact) mass is 388 g/mol. The van der Waals surface area contributed by atoms with E-state index >= 15 is 0 Å². The van der Waals surface area contributed by atoms with Gasteiger partial charge in [0.2, 0.25) is 0 Å². The molecule has 5 nitrogen and oxygen atoms in total. The highest BCUT2D eigenvalue weighted by atomic mass is 35.5. The maximum atomic E-state index is 6.02. The second kappa shape index (κ2) is 11.5. The summed E-state index contributed by atoms with van der Waals surface area (Å²) in [6.45, 7) is 3.04. The number of benzene rings is 2. The standard InChI is InChI=1S/C21H29ClN4O/c1-23-21(24-11-10-17-6-4-8-19(22)14-17)25-16-18-7-5-9-20(15-18)27-13-12-26(2)3/h4-9,14-15H,10-13,16H2,1-3H3,(H2,23,24,25). The van der Waals surface area contributed by atoms with Crippen LogP contribution in [-0.4, -0.2) is 51.7 Å². The Labute approximate surface area is 167 Å². The van der Waals surface area contributed by atoms with Crippen LogP contribution < -0.4 is 15.4 Å². The van der Waals surface area contributed by atoms with Gasteiger partial charge < -0.3 is 20.3 Å². The van der Waals surface area contributed by atoms with Crippen molar-refractivity contribution in [3.05, 3.63) is 64.7 Å². The van der Waals surface area contributed by atoms with E-state index in [1.165, 1.54) is 5.56 Å². The van der Waals surface area contributed by atoms with E-state index in [1.807, 2.05) is 44.4 Å². The minimum absolute atomic E-state index is 0.677. The molecule has 0 unspecified atom stereocenters. The van der Waals surface area contributed by atoms with Crippen molar-refractivity contribution in [3.63, 3.8) is 0 Å². The predicted molar refractivity (Wildman–Crippen MR) is 114 cm³/mol. The average molecular weight is 389 g/mol. The Kier molecular flexibility index (Phi) is 8.95. The number of aliphatic imine (C=N–C) groups is 1. The lowest BCUT2D eigenvalue weighted by Crippen LogP contribution is -2.37. The number of halogens is 1. The molecule has 2 aromatic carbocycles. The number of nitrogens with one attached hydrogen (secondary N) is 2. The van der Waals surface area contributed by atoms with Crippen molar-refractivity contribution in [2.24, 2.45) is 4.99 Å².